The fraction of sp³-hybridized carbons (Fsp3) is 0.786. The molecule has 1 aromatic rings. The molecule has 2 atom stereocenters. The highest BCUT2D eigenvalue weighted by Gasteiger charge is 2.39. The number of nitrogens with one attached hydrogen (secondary N) is 1. The van der Waals surface area contributed by atoms with E-state index in [1.807, 2.05) is 11.8 Å². The molecule has 124 valence electrons. The lowest BCUT2D eigenvalue weighted by Crippen LogP contribution is -2.52. The number of aryl methyl sites for hydroxylation is 1. The van der Waals surface area contributed by atoms with Crippen LogP contribution < -0.4 is 0 Å². The Morgan fingerprint density at radius 2 is 2.41 bits per heavy atom. The number of H-pyrrole nitrogens is 1. The third-order valence-corrected chi connectivity index (χ3v) is 4.57. The van der Waals surface area contributed by atoms with Gasteiger partial charge in [-0.25, -0.2) is 4.98 Å². The molecule has 1 fully saturated rings. The number of halogens is 1. The lowest BCUT2D eigenvalue weighted by Gasteiger charge is -2.43. The molecule has 1 aromatic heterocycles. The second kappa shape index (κ2) is 7.39. The Labute approximate surface area is 135 Å². The summed E-state index contributed by atoms with van der Waals surface area (Å²) in [4.78, 5) is 18.1. The first kappa shape index (κ1) is 17.2. The Balaban J connectivity index is 1.83. The number of nitrogens with zero attached hydrogens (tertiary/aromatic N) is 3. The van der Waals surface area contributed by atoms with Crippen LogP contribution in [0.15, 0.2) is 0 Å². The molecule has 2 rings (SSSR count). The van der Waals surface area contributed by atoms with E-state index in [2.05, 4.69) is 15.2 Å². The molecule has 0 saturated carbocycles. The lowest BCUT2D eigenvalue weighted by molar-refractivity contribution is -0.140. The fourth-order valence-electron chi connectivity index (χ4n) is 2.81. The summed E-state index contributed by atoms with van der Waals surface area (Å²) in [5, 5.41) is 17.2. The van der Waals surface area contributed by atoms with Crippen molar-refractivity contribution < 1.29 is 14.6 Å². The van der Waals surface area contributed by atoms with E-state index in [1.165, 1.54) is 0 Å². The highest BCUT2D eigenvalue weighted by molar-refractivity contribution is 6.28. The van der Waals surface area contributed by atoms with Gasteiger partial charge in [0.25, 0.3) is 0 Å². The summed E-state index contributed by atoms with van der Waals surface area (Å²) in [7, 11) is 1.63. The van der Waals surface area contributed by atoms with E-state index >= 15 is 0 Å². The van der Waals surface area contributed by atoms with E-state index in [0.29, 0.717) is 51.2 Å². The maximum absolute atomic E-state index is 12.3. The monoisotopic (exact) mass is 330 g/mol. The number of carbonyl (C=O) groups excluding carboxylic acids is 1. The van der Waals surface area contributed by atoms with Gasteiger partial charge in [-0.1, -0.05) is 6.92 Å². The number of aliphatic hydroxyl groups is 1. The number of amides is 1. The molecule has 0 spiro atoms. The van der Waals surface area contributed by atoms with Gasteiger partial charge in [-0.2, -0.15) is 0 Å². The van der Waals surface area contributed by atoms with Crippen LogP contribution in [0, 0.1) is 5.92 Å². The van der Waals surface area contributed by atoms with Crippen LogP contribution in [-0.4, -0.2) is 63.5 Å². The maximum Gasteiger partial charge on any atom is 0.242 e. The molecular formula is C14H23ClN4O3. The number of aromatic nitrogens is 3. The molecule has 1 aliphatic rings. The highest BCUT2D eigenvalue weighted by Crippen LogP contribution is 2.31. The summed E-state index contributed by atoms with van der Waals surface area (Å²) in [5.41, 5.74) is -0.745. The van der Waals surface area contributed by atoms with E-state index < -0.39 is 5.60 Å². The summed E-state index contributed by atoms with van der Waals surface area (Å²) in [6.45, 7) is 3.64. The third-order valence-electron chi connectivity index (χ3n) is 4.40. The quantitative estimate of drug-likeness (QED) is 0.812. The molecule has 22 heavy (non-hydrogen) atoms. The van der Waals surface area contributed by atoms with Gasteiger partial charge in [0, 0.05) is 45.6 Å². The van der Waals surface area contributed by atoms with E-state index in [1.54, 1.807) is 7.11 Å². The van der Waals surface area contributed by atoms with E-state index in [-0.39, 0.29) is 17.1 Å². The molecule has 0 aliphatic carbocycles. The van der Waals surface area contributed by atoms with Crippen molar-refractivity contribution in [3.63, 3.8) is 0 Å². The van der Waals surface area contributed by atoms with Gasteiger partial charge in [-0.3, -0.25) is 9.89 Å². The molecule has 0 aromatic carbocycles. The summed E-state index contributed by atoms with van der Waals surface area (Å²) < 4.78 is 5.05. The van der Waals surface area contributed by atoms with E-state index in [0.717, 1.165) is 0 Å². The number of hydrogen-bond acceptors (Lipinski definition) is 5. The Morgan fingerprint density at radius 1 is 1.64 bits per heavy atom. The van der Waals surface area contributed by atoms with Crippen LogP contribution in [0.5, 0.6) is 0 Å². The van der Waals surface area contributed by atoms with Crippen LogP contribution in [0.4, 0.5) is 0 Å². The van der Waals surface area contributed by atoms with Crippen molar-refractivity contribution >= 4 is 17.5 Å². The first-order valence-corrected chi connectivity index (χ1v) is 7.88. The Morgan fingerprint density at radius 3 is 3.00 bits per heavy atom. The molecule has 2 heterocycles. The average molecular weight is 331 g/mol. The number of likely N-dealkylation sites (tertiary alicyclic amines) is 1. The lowest BCUT2D eigenvalue weighted by atomic mass is 9.80. The number of aromatic amines is 1. The smallest absolute Gasteiger partial charge is 0.242 e. The zero-order chi connectivity index (χ0) is 16.2. The summed E-state index contributed by atoms with van der Waals surface area (Å²) in [5.74, 6) is 0.702. The van der Waals surface area contributed by atoms with Crippen molar-refractivity contribution in [2.24, 2.45) is 5.92 Å². The van der Waals surface area contributed by atoms with Crippen LogP contribution in [0.1, 0.15) is 32.0 Å². The number of rotatable bonds is 6. The van der Waals surface area contributed by atoms with Crippen LogP contribution in [0.3, 0.4) is 0 Å². The maximum atomic E-state index is 12.3. The molecule has 8 heteroatoms. The zero-order valence-corrected chi connectivity index (χ0v) is 13.8. The number of methoxy groups -OCH3 is 1. The number of carbonyl (C=O) groups is 1. The molecule has 1 saturated heterocycles. The standard InChI is InChI=1S/C14H23ClN4O3/c1-10-9-19(7-5-14(10,21)6-8-22-2)12(20)4-3-11-16-13(15)18-17-11/h10,21H,3-9H2,1-2H3,(H,16,17,18)/t10-,14-/m1/s1. The van der Waals surface area contributed by atoms with Gasteiger partial charge < -0.3 is 14.7 Å². The summed E-state index contributed by atoms with van der Waals surface area (Å²) >= 11 is 5.63. The molecule has 1 amide bonds. The Hall–Kier alpha value is -1.18. The van der Waals surface area contributed by atoms with E-state index in [9.17, 15) is 9.90 Å². The molecular weight excluding hydrogens is 308 g/mol. The minimum Gasteiger partial charge on any atom is -0.389 e. The predicted octanol–water partition coefficient (Wildman–Crippen LogP) is 1.03. The summed E-state index contributed by atoms with van der Waals surface area (Å²) in [6.07, 6.45) is 2.02. The number of hydrogen-bond donors (Lipinski definition) is 2. The Bertz CT molecular complexity index is 510. The van der Waals surface area contributed by atoms with Gasteiger partial charge in [-0.15, -0.1) is 5.10 Å². The van der Waals surface area contributed by atoms with Crippen molar-refractivity contribution in [3.8, 4) is 0 Å². The number of ether oxygens (including phenoxy) is 1. The van der Waals surface area contributed by atoms with Crippen molar-refractivity contribution in [2.75, 3.05) is 26.8 Å². The van der Waals surface area contributed by atoms with Gasteiger partial charge in [0.1, 0.15) is 5.82 Å². The van der Waals surface area contributed by atoms with Crippen molar-refractivity contribution in [2.45, 2.75) is 38.2 Å². The van der Waals surface area contributed by atoms with Gasteiger partial charge in [0.15, 0.2) is 0 Å². The minimum atomic E-state index is -0.745. The highest BCUT2D eigenvalue weighted by atomic mass is 35.5. The summed E-state index contributed by atoms with van der Waals surface area (Å²) in [6, 6.07) is 0. The van der Waals surface area contributed by atoms with Crippen LogP contribution in [0.25, 0.3) is 0 Å². The molecule has 0 bridgehead atoms. The predicted molar refractivity (Wildman–Crippen MR) is 81.5 cm³/mol. The minimum absolute atomic E-state index is 0.0278. The Kier molecular flexibility index (Phi) is 5.77. The van der Waals surface area contributed by atoms with Crippen LogP contribution in [0.2, 0.25) is 5.28 Å². The third kappa shape index (κ3) is 4.18. The zero-order valence-electron chi connectivity index (χ0n) is 13.0. The normalized spacial score (nSPS) is 25.5. The van der Waals surface area contributed by atoms with Gasteiger partial charge >= 0.3 is 0 Å². The molecule has 7 nitrogen and oxygen atoms in total. The first-order valence-electron chi connectivity index (χ1n) is 7.50. The number of piperidine rings is 1. The van der Waals surface area contributed by atoms with Crippen LogP contribution >= 0.6 is 11.6 Å². The van der Waals surface area contributed by atoms with E-state index in [4.69, 9.17) is 16.3 Å². The average Bonchev–Trinajstić information content (AvgIpc) is 2.91. The molecule has 2 N–H and O–H groups in total. The first-order chi connectivity index (χ1) is 10.4. The fourth-order valence-corrected chi connectivity index (χ4v) is 2.96. The van der Waals surface area contributed by atoms with Gasteiger partial charge in [0.05, 0.1) is 5.60 Å². The van der Waals surface area contributed by atoms with Crippen LogP contribution in [-0.2, 0) is 16.0 Å². The molecule has 0 radical (unpaired) electrons. The SMILES string of the molecule is COCC[C@]1(O)CCN(C(=O)CCc2nc(Cl)n[nH]2)C[C@H]1C. The van der Waals surface area contributed by atoms with Gasteiger partial charge in [0.2, 0.25) is 11.2 Å². The second-order valence-electron chi connectivity index (χ2n) is 5.89. The molecule has 0 unspecified atom stereocenters. The second-order valence-corrected chi connectivity index (χ2v) is 6.23. The van der Waals surface area contributed by atoms with Crippen molar-refractivity contribution in [3.05, 3.63) is 11.1 Å². The largest absolute Gasteiger partial charge is 0.389 e. The topological polar surface area (TPSA) is 91.3 Å². The van der Waals surface area contributed by atoms with Crippen molar-refractivity contribution in [1.29, 1.82) is 0 Å². The molecule has 1 aliphatic heterocycles. The van der Waals surface area contributed by atoms with Gasteiger partial charge in [-0.05, 0) is 24.4 Å². The van der Waals surface area contributed by atoms with Crippen molar-refractivity contribution in [1.82, 2.24) is 20.1 Å².